The second kappa shape index (κ2) is 8.86. The van der Waals surface area contributed by atoms with Gasteiger partial charge < -0.3 is 10.1 Å². The summed E-state index contributed by atoms with van der Waals surface area (Å²) in [6.07, 6.45) is 4.16. The number of aromatic nitrogens is 1. The summed E-state index contributed by atoms with van der Waals surface area (Å²) in [5.41, 5.74) is 1.08. The van der Waals surface area contributed by atoms with Crippen LogP contribution >= 0.6 is 11.3 Å². The van der Waals surface area contributed by atoms with Gasteiger partial charge in [0.05, 0.1) is 16.3 Å². The lowest BCUT2D eigenvalue weighted by atomic mass is 9.86. The third kappa shape index (κ3) is 4.76. The van der Waals surface area contributed by atoms with Crippen LogP contribution in [0.4, 0.5) is 0 Å². The van der Waals surface area contributed by atoms with Crippen molar-refractivity contribution >= 4 is 11.3 Å². The molecule has 0 amide bonds. The van der Waals surface area contributed by atoms with Gasteiger partial charge in [-0.1, -0.05) is 20.8 Å². The lowest BCUT2D eigenvalue weighted by Crippen LogP contribution is -2.53. The van der Waals surface area contributed by atoms with Crippen molar-refractivity contribution in [2.75, 3.05) is 13.2 Å². The van der Waals surface area contributed by atoms with Gasteiger partial charge in [0.1, 0.15) is 0 Å². The molecule has 1 aromatic heterocycles. The van der Waals surface area contributed by atoms with Gasteiger partial charge in [-0.15, -0.1) is 11.3 Å². The maximum Gasteiger partial charge on any atom is 0.0947 e. The molecular weight excluding hydrogens is 280 g/mol. The zero-order chi connectivity index (χ0) is 15.9. The first kappa shape index (κ1) is 18.6. The summed E-state index contributed by atoms with van der Waals surface area (Å²) >= 11 is 1.82. The molecule has 0 aromatic carbocycles. The molecule has 3 nitrogen and oxygen atoms in total. The fourth-order valence-corrected chi connectivity index (χ4v) is 3.88. The van der Waals surface area contributed by atoms with Gasteiger partial charge in [0.25, 0.3) is 0 Å². The summed E-state index contributed by atoms with van der Waals surface area (Å²) in [6.45, 7) is 14.8. The van der Waals surface area contributed by atoms with Crippen LogP contribution < -0.4 is 5.32 Å². The number of nitrogens with one attached hydrogen (secondary N) is 1. The van der Waals surface area contributed by atoms with Crippen molar-refractivity contribution in [1.29, 1.82) is 0 Å². The van der Waals surface area contributed by atoms with Crippen molar-refractivity contribution in [3.8, 4) is 0 Å². The molecule has 0 fully saturated rings. The fourth-order valence-electron chi connectivity index (χ4n) is 2.90. The highest BCUT2D eigenvalue weighted by atomic mass is 32.1. The van der Waals surface area contributed by atoms with Crippen LogP contribution in [-0.2, 0) is 11.2 Å². The molecule has 0 aliphatic carbocycles. The van der Waals surface area contributed by atoms with Crippen LogP contribution in [-0.4, -0.2) is 29.8 Å². The Kier molecular flexibility index (Phi) is 7.85. The zero-order valence-corrected chi connectivity index (χ0v) is 15.4. The van der Waals surface area contributed by atoms with Crippen LogP contribution in [0.2, 0.25) is 0 Å². The third-order valence-corrected chi connectivity index (χ3v) is 5.45. The molecule has 0 bridgehead atoms. The van der Waals surface area contributed by atoms with E-state index in [1.807, 2.05) is 11.3 Å². The average Bonchev–Trinajstić information content (AvgIpc) is 2.79. The smallest absolute Gasteiger partial charge is 0.0947 e. The Morgan fingerprint density at radius 3 is 2.29 bits per heavy atom. The first-order valence-corrected chi connectivity index (χ1v) is 9.14. The monoisotopic (exact) mass is 312 g/mol. The molecule has 1 heterocycles. The molecule has 0 saturated heterocycles. The largest absolute Gasteiger partial charge is 0.374 e. The van der Waals surface area contributed by atoms with Crippen LogP contribution in [0.1, 0.15) is 62.5 Å². The molecule has 1 aromatic rings. The van der Waals surface area contributed by atoms with E-state index in [-0.39, 0.29) is 5.60 Å². The third-order valence-electron chi connectivity index (χ3n) is 4.36. The van der Waals surface area contributed by atoms with Crippen LogP contribution in [0.5, 0.6) is 0 Å². The predicted octanol–water partition coefficient (Wildman–Crippen LogP) is 4.27. The Bertz CT molecular complexity index is 393. The standard InChI is InChI=1S/C17H32N2OS/c1-7-11-18-15(17(8-2,9-3)20-10-4)12-16-19-13(5)14(6)21-16/h15,18H,7-12H2,1-6H3. The number of thiazole rings is 1. The van der Waals surface area contributed by atoms with Crippen molar-refractivity contribution in [2.24, 2.45) is 0 Å². The van der Waals surface area contributed by atoms with E-state index in [0.29, 0.717) is 6.04 Å². The zero-order valence-electron chi connectivity index (χ0n) is 14.6. The molecule has 0 aliphatic rings. The SMILES string of the molecule is CCCNC(Cc1nc(C)c(C)s1)C(CC)(CC)OCC. The molecule has 21 heavy (non-hydrogen) atoms. The summed E-state index contributed by atoms with van der Waals surface area (Å²) in [6, 6.07) is 0.331. The summed E-state index contributed by atoms with van der Waals surface area (Å²) in [4.78, 5) is 6.05. The van der Waals surface area contributed by atoms with Gasteiger partial charge in [-0.3, -0.25) is 0 Å². The molecule has 4 heteroatoms. The highest BCUT2D eigenvalue weighted by Gasteiger charge is 2.36. The molecule has 0 aliphatic heterocycles. The van der Waals surface area contributed by atoms with Crippen LogP contribution in [0, 0.1) is 13.8 Å². The molecule has 0 saturated carbocycles. The van der Waals surface area contributed by atoms with E-state index in [1.165, 1.54) is 15.6 Å². The molecule has 1 atom stereocenters. The van der Waals surface area contributed by atoms with E-state index in [2.05, 4.69) is 46.9 Å². The van der Waals surface area contributed by atoms with E-state index in [1.54, 1.807) is 0 Å². The van der Waals surface area contributed by atoms with Crippen molar-refractivity contribution in [3.63, 3.8) is 0 Å². The summed E-state index contributed by atoms with van der Waals surface area (Å²) in [5, 5.41) is 4.94. The lowest BCUT2D eigenvalue weighted by molar-refractivity contribution is -0.0718. The van der Waals surface area contributed by atoms with Crippen molar-refractivity contribution in [1.82, 2.24) is 10.3 Å². The molecular formula is C17H32N2OS. The number of nitrogens with zero attached hydrogens (tertiary/aromatic N) is 1. The van der Waals surface area contributed by atoms with Gasteiger partial charge in [-0.25, -0.2) is 4.98 Å². The highest BCUT2D eigenvalue weighted by Crippen LogP contribution is 2.29. The van der Waals surface area contributed by atoms with Crippen molar-refractivity contribution in [2.45, 2.75) is 78.9 Å². The Labute approximate surface area is 134 Å². The maximum atomic E-state index is 6.21. The number of aryl methyl sites for hydroxylation is 2. The maximum absolute atomic E-state index is 6.21. The minimum atomic E-state index is -0.0859. The van der Waals surface area contributed by atoms with E-state index >= 15 is 0 Å². The quantitative estimate of drug-likeness (QED) is 0.700. The molecule has 0 radical (unpaired) electrons. The van der Waals surface area contributed by atoms with Gasteiger partial charge in [-0.2, -0.15) is 0 Å². The minimum Gasteiger partial charge on any atom is -0.374 e. The van der Waals surface area contributed by atoms with Crippen LogP contribution in [0.15, 0.2) is 0 Å². The van der Waals surface area contributed by atoms with E-state index in [4.69, 9.17) is 9.72 Å². The summed E-state index contributed by atoms with van der Waals surface area (Å²) < 4.78 is 6.21. The van der Waals surface area contributed by atoms with E-state index in [9.17, 15) is 0 Å². The predicted molar refractivity (Wildman–Crippen MR) is 92.3 cm³/mol. The second-order valence-corrected chi connectivity index (χ2v) is 6.95. The van der Waals surface area contributed by atoms with Crippen molar-refractivity contribution < 1.29 is 4.74 Å². The number of ether oxygens (including phenoxy) is 1. The molecule has 0 spiro atoms. The topological polar surface area (TPSA) is 34.2 Å². The van der Waals surface area contributed by atoms with Gasteiger partial charge in [0.2, 0.25) is 0 Å². The Hall–Kier alpha value is -0.450. The van der Waals surface area contributed by atoms with Gasteiger partial charge in [0, 0.05) is 23.9 Å². The fraction of sp³-hybridized carbons (Fsp3) is 0.824. The summed E-state index contributed by atoms with van der Waals surface area (Å²) in [5.74, 6) is 0. The van der Waals surface area contributed by atoms with Gasteiger partial charge in [-0.05, 0) is 46.6 Å². The number of hydrogen-bond donors (Lipinski definition) is 1. The van der Waals surface area contributed by atoms with Gasteiger partial charge >= 0.3 is 0 Å². The van der Waals surface area contributed by atoms with Crippen LogP contribution in [0.3, 0.4) is 0 Å². The highest BCUT2D eigenvalue weighted by molar-refractivity contribution is 7.11. The Morgan fingerprint density at radius 2 is 1.86 bits per heavy atom. The van der Waals surface area contributed by atoms with Crippen LogP contribution in [0.25, 0.3) is 0 Å². The lowest BCUT2D eigenvalue weighted by Gasteiger charge is -2.40. The first-order chi connectivity index (χ1) is 10.0. The summed E-state index contributed by atoms with van der Waals surface area (Å²) in [7, 11) is 0. The molecule has 1 rings (SSSR count). The average molecular weight is 313 g/mol. The van der Waals surface area contributed by atoms with E-state index < -0.39 is 0 Å². The van der Waals surface area contributed by atoms with Crippen molar-refractivity contribution in [3.05, 3.63) is 15.6 Å². The molecule has 1 unspecified atom stereocenters. The normalized spacial score (nSPS) is 13.6. The Balaban J connectivity index is 2.96. The number of hydrogen-bond acceptors (Lipinski definition) is 4. The first-order valence-electron chi connectivity index (χ1n) is 8.33. The molecule has 1 N–H and O–H groups in total. The molecule has 122 valence electrons. The van der Waals surface area contributed by atoms with E-state index in [0.717, 1.165) is 38.8 Å². The second-order valence-electron chi connectivity index (χ2n) is 5.66. The Morgan fingerprint density at radius 1 is 1.19 bits per heavy atom. The number of rotatable bonds is 10. The van der Waals surface area contributed by atoms with Gasteiger partial charge in [0.15, 0.2) is 0 Å². The minimum absolute atomic E-state index is 0.0859.